The lowest BCUT2D eigenvalue weighted by molar-refractivity contribution is -0.134. The van der Waals surface area contributed by atoms with E-state index in [1.165, 1.54) is 26.2 Å². The number of piperidine rings is 3. The fraction of sp³-hybridized carbons (Fsp3) is 0.789. The molecule has 4 heterocycles. The Balaban J connectivity index is 1.34. The van der Waals surface area contributed by atoms with Crippen LogP contribution < -0.4 is 5.32 Å². The van der Waals surface area contributed by atoms with E-state index in [1.54, 1.807) is 10.9 Å². The molecule has 1 aliphatic carbocycles. The minimum absolute atomic E-state index is 0.0545. The predicted molar refractivity (Wildman–Crippen MR) is 96.6 cm³/mol. The fourth-order valence-corrected chi connectivity index (χ4v) is 4.95. The Kier molecular flexibility index (Phi) is 5.07. The number of rotatable bonds is 5. The van der Waals surface area contributed by atoms with Gasteiger partial charge in [-0.2, -0.15) is 0 Å². The molecule has 1 aromatic rings. The van der Waals surface area contributed by atoms with E-state index < -0.39 is 0 Å². The topological polar surface area (TPSA) is 80.1 Å². The van der Waals surface area contributed by atoms with Gasteiger partial charge in [0.05, 0.1) is 18.7 Å². The van der Waals surface area contributed by atoms with Crippen LogP contribution in [0.1, 0.15) is 62.4 Å². The van der Waals surface area contributed by atoms with Gasteiger partial charge in [-0.05, 0) is 38.1 Å². The number of carbonyl (C=O) groups excluding carboxylic acids is 2. The van der Waals surface area contributed by atoms with Gasteiger partial charge in [-0.15, -0.1) is 5.10 Å². The maximum Gasteiger partial charge on any atom is 0.224 e. The Morgan fingerprint density at radius 2 is 2.04 bits per heavy atom. The molecule has 26 heavy (non-hydrogen) atoms. The lowest BCUT2D eigenvalue weighted by Gasteiger charge is -2.49. The van der Waals surface area contributed by atoms with Crippen LogP contribution in [-0.2, 0) is 11.3 Å². The highest BCUT2D eigenvalue weighted by Crippen LogP contribution is 2.37. The number of amides is 1. The van der Waals surface area contributed by atoms with Crippen molar-refractivity contribution in [3.8, 4) is 0 Å². The molecule has 0 radical (unpaired) electrons. The molecule has 1 unspecified atom stereocenters. The zero-order valence-electron chi connectivity index (χ0n) is 15.6. The molecule has 4 aliphatic rings. The van der Waals surface area contributed by atoms with Crippen LogP contribution in [0.25, 0.3) is 0 Å². The zero-order chi connectivity index (χ0) is 18.1. The smallest absolute Gasteiger partial charge is 0.224 e. The second kappa shape index (κ2) is 7.47. The number of nitrogens with zero attached hydrogens (tertiary/aromatic N) is 4. The van der Waals surface area contributed by atoms with Crippen molar-refractivity contribution in [2.24, 2.45) is 11.8 Å². The minimum atomic E-state index is -0.0545. The third-order valence-corrected chi connectivity index (χ3v) is 6.46. The molecule has 1 N–H and O–H groups in total. The summed E-state index contributed by atoms with van der Waals surface area (Å²) in [5.41, 5.74) is 0.422. The van der Waals surface area contributed by atoms with Gasteiger partial charge < -0.3 is 5.32 Å². The molecule has 3 aliphatic heterocycles. The Labute approximate surface area is 154 Å². The number of hydrogen-bond acceptors (Lipinski definition) is 5. The van der Waals surface area contributed by atoms with Gasteiger partial charge in [0.25, 0.3) is 0 Å². The molecule has 7 nitrogen and oxygen atoms in total. The molecule has 1 amide bonds. The van der Waals surface area contributed by atoms with E-state index in [4.69, 9.17) is 0 Å². The standard InChI is InChI=1S/C19H29N5O2/c1-13(25)18-12-24(22-21-18)10-16-9-14-7-8-23(16)11-17(14)19(26)20-15-5-3-2-4-6-15/h12,14-17H,2-11H2,1H3,(H,20,26)/t14-,16-,17+/m1/s1. The summed E-state index contributed by atoms with van der Waals surface area (Å²) < 4.78 is 1.78. The maximum atomic E-state index is 12.8. The summed E-state index contributed by atoms with van der Waals surface area (Å²) in [6, 6.07) is 0.775. The van der Waals surface area contributed by atoms with Gasteiger partial charge in [0.1, 0.15) is 5.69 Å². The number of hydrogen-bond donors (Lipinski definition) is 1. The summed E-state index contributed by atoms with van der Waals surface area (Å²) in [6.45, 7) is 4.16. The summed E-state index contributed by atoms with van der Waals surface area (Å²) in [5, 5.41) is 11.3. The molecule has 2 bridgehead atoms. The van der Waals surface area contributed by atoms with Crippen molar-refractivity contribution in [1.82, 2.24) is 25.2 Å². The molecule has 7 heteroatoms. The van der Waals surface area contributed by atoms with Crippen LogP contribution in [0.5, 0.6) is 0 Å². The number of aromatic nitrogens is 3. The Morgan fingerprint density at radius 1 is 1.23 bits per heavy atom. The highest BCUT2D eigenvalue weighted by Gasteiger charge is 2.43. The van der Waals surface area contributed by atoms with E-state index in [1.807, 2.05) is 0 Å². The molecule has 5 rings (SSSR count). The molecular weight excluding hydrogens is 330 g/mol. The highest BCUT2D eigenvalue weighted by molar-refractivity contribution is 5.91. The highest BCUT2D eigenvalue weighted by atomic mass is 16.2. The first kappa shape index (κ1) is 17.6. The monoisotopic (exact) mass is 359 g/mol. The largest absolute Gasteiger partial charge is 0.353 e. The van der Waals surface area contributed by atoms with Gasteiger partial charge in [0, 0.05) is 25.6 Å². The number of carbonyl (C=O) groups is 2. The number of ketones is 1. The Hall–Kier alpha value is -1.76. The summed E-state index contributed by atoms with van der Waals surface area (Å²) >= 11 is 0. The lowest BCUT2D eigenvalue weighted by Crippen LogP contribution is -2.58. The summed E-state index contributed by atoms with van der Waals surface area (Å²) in [6.07, 6.45) is 9.94. The normalized spacial score (nSPS) is 31.7. The maximum absolute atomic E-state index is 12.8. The second-order valence-electron chi connectivity index (χ2n) is 8.27. The third kappa shape index (κ3) is 3.68. The fourth-order valence-electron chi connectivity index (χ4n) is 4.95. The predicted octanol–water partition coefficient (Wildman–Crippen LogP) is 1.64. The Bertz CT molecular complexity index is 667. The summed E-state index contributed by atoms with van der Waals surface area (Å²) in [4.78, 5) is 26.6. The molecule has 0 aromatic carbocycles. The van der Waals surface area contributed by atoms with E-state index >= 15 is 0 Å². The van der Waals surface area contributed by atoms with Crippen LogP contribution in [0.2, 0.25) is 0 Å². The second-order valence-corrected chi connectivity index (χ2v) is 8.27. The van der Waals surface area contributed by atoms with Crippen molar-refractivity contribution in [3.63, 3.8) is 0 Å². The van der Waals surface area contributed by atoms with Gasteiger partial charge in [-0.3, -0.25) is 19.2 Å². The van der Waals surface area contributed by atoms with Gasteiger partial charge in [0.2, 0.25) is 5.91 Å². The van der Waals surface area contributed by atoms with E-state index in [-0.39, 0.29) is 17.6 Å². The summed E-state index contributed by atoms with van der Waals surface area (Å²) in [7, 11) is 0. The van der Waals surface area contributed by atoms with Crippen LogP contribution in [0.3, 0.4) is 0 Å². The third-order valence-electron chi connectivity index (χ3n) is 6.46. The molecule has 3 saturated heterocycles. The molecular formula is C19H29N5O2. The molecule has 4 fully saturated rings. The number of fused-ring (bicyclic) bond motifs is 3. The average molecular weight is 359 g/mol. The van der Waals surface area contributed by atoms with E-state index in [2.05, 4.69) is 20.5 Å². The van der Waals surface area contributed by atoms with E-state index in [0.717, 1.165) is 45.3 Å². The van der Waals surface area contributed by atoms with Crippen LogP contribution in [0, 0.1) is 11.8 Å². The molecule has 142 valence electrons. The lowest BCUT2D eigenvalue weighted by atomic mass is 9.75. The first-order valence-corrected chi connectivity index (χ1v) is 10.1. The molecule has 4 atom stereocenters. The van der Waals surface area contributed by atoms with Crippen molar-refractivity contribution in [2.45, 2.75) is 70.5 Å². The minimum Gasteiger partial charge on any atom is -0.353 e. The van der Waals surface area contributed by atoms with Gasteiger partial charge in [0.15, 0.2) is 5.78 Å². The van der Waals surface area contributed by atoms with Crippen molar-refractivity contribution in [2.75, 3.05) is 13.1 Å². The van der Waals surface area contributed by atoms with Gasteiger partial charge in [-0.25, -0.2) is 0 Å². The van der Waals surface area contributed by atoms with Crippen molar-refractivity contribution >= 4 is 11.7 Å². The quantitative estimate of drug-likeness (QED) is 0.809. The van der Waals surface area contributed by atoms with Gasteiger partial charge >= 0.3 is 0 Å². The van der Waals surface area contributed by atoms with Gasteiger partial charge in [-0.1, -0.05) is 24.5 Å². The SMILES string of the molecule is CC(=O)c1cn(C[C@H]2C[C@H]3CCN2C[C@@H]3C(=O)NC2CCCCC2)nn1. The van der Waals surface area contributed by atoms with E-state index in [9.17, 15) is 9.59 Å². The van der Waals surface area contributed by atoms with Crippen molar-refractivity contribution in [1.29, 1.82) is 0 Å². The first-order valence-electron chi connectivity index (χ1n) is 10.1. The average Bonchev–Trinajstić information content (AvgIpc) is 3.12. The van der Waals surface area contributed by atoms with Crippen LogP contribution in [0.4, 0.5) is 0 Å². The number of Topliss-reactive ketones (excluding diaryl/α,β-unsaturated/α-hetero) is 1. The molecule has 1 saturated carbocycles. The Morgan fingerprint density at radius 3 is 2.69 bits per heavy atom. The van der Waals surface area contributed by atoms with Crippen LogP contribution in [0.15, 0.2) is 6.20 Å². The van der Waals surface area contributed by atoms with Crippen LogP contribution in [-0.4, -0.2) is 56.8 Å². The first-order chi connectivity index (χ1) is 12.6. The molecule has 1 aromatic heterocycles. The van der Waals surface area contributed by atoms with Crippen molar-refractivity contribution in [3.05, 3.63) is 11.9 Å². The van der Waals surface area contributed by atoms with E-state index in [0.29, 0.717) is 23.7 Å². The van der Waals surface area contributed by atoms with Crippen LogP contribution >= 0.6 is 0 Å². The zero-order valence-corrected chi connectivity index (χ0v) is 15.6. The molecule has 0 spiro atoms. The van der Waals surface area contributed by atoms with Crippen molar-refractivity contribution < 1.29 is 9.59 Å². The number of nitrogens with one attached hydrogen (secondary N) is 1. The summed E-state index contributed by atoms with van der Waals surface area (Å²) in [5.74, 6) is 0.806.